The Morgan fingerprint density at radius 3 is 2.39 bits per heavy atom. The zero-order valence-electron chi connectivity index (χ0n) is 19.0. The highest BCUT2D eigenvalue weighted by atomic mass is 127. The topological polar surface area (TPSA) is 73.3 Å². The number of halogens is 1. The molecule has 2 aromatic rings. The number of aliphatic imine (C=N–C) groups is 1. The number of hydrogen-bond donors (Lipinski definition) is 2. The first-order valence-electron chi connectivity index (χ1n) is 9.98. The van der Waals surface area contributed by atoms with Crippen molar-refractivity contribution in [2.45, 2.75) is 19.9 Å². The zero-order valence-corrected chi connectivity index (χ0v) is 21.3. The minimum Gasteiger partial charge on any atom is -0.497 e. The van der Waals surface area contributed by atoms with Crippen LogP contribution in [0.5, 0.6) is 17.2 Å². The Morgan fingerprint density at radius 1 is 0.903 bits per heavy atom. The van der Waals surface area contributed by atoms with E-state index in [0.29, 0.717) is 26.3 Å². The lowest BCUT2D eigenvalue weighted by atomic mass is 10.1. The molecule has 0 saturated carbocycles. The quantitative estimate of drug-likeness (QED) is 0.196. The number of ether oxygens (including phenoxy) is 4. The lowest BCUT2D eigenvalue weighted by Gasteiger charge is -2.16. The van der Waals surface area contributed by atoms with Crippen LogP contribution in [-0.4, -0.2) is 54.1 Å². The van der Waals surface area contributed by atoms with Crippen molar-refractivity contribution in [2.75, 3.05) is 48.1 Å². The van der Waals surface area contributed by atoms with Gasteiger partial charge in [0.15, 0.2) is 5.96 Å². The standard InChI is InChI=1S/C23H33N3O4.HI/c1-17-6-7-19(22(14-17)30-13-12-27-3)16-26-23(24-2)25-11-10-18-15-20(28-4)8-9-21(18)29-5;/h6-9,14-15H,10-13,16H2,1-5H3,(H2,24,25,26);1H. The molecule has 0 bridgehead atoms. The summed E-state index contributed by atoms with van der Waals surface area (Å²) < 4.78 is 21.7. The van der Waals surface area contributed by atoms with Gasteiger partial charge < -0.3 is 29.6 Å². The highest BCUT2D eigenvalue weighted by Gasteiger charge is 2.08. The minimum atomic E-state index is 0. The number of aryl methyl sites for hydroxylation is 1. The second-order valence-electron chi connectivity index (χ2n) is 6.73. The first kappa shape index (κ1) is 26.8. The van der Waals surface area contributed by atoms with E-state index in [2.05, 4.69) is 27.8 Å². The summed E-state index contributed by atoms with van der Waals surface area (Å²) in [6.45, 7) is 4.42. The SMILES string of the molecule is CN=C(NCCc1cc(OC)ccc1OC)NCc1ccc(C)cc1OCCOC.I. The van der Waals surface area contributed by atoms with Crippen molar-refractivity contribution in [1.29, 1.82) is 0 Å². The van der Waals surface area contributed by atoms with Gasteiger partial charge in [-0.3, -0.25) is 4.99 Å². The van der Waals surface area contributed by atoms with E-state index in [-0.39, 0.29) is 24.0 Å². The first-order chi connectivity index (χ1) is 14.6. The first-order valence-corrected chi connectivity index (χ1v) is 9.98. The van der Waals surface area contributed by atoms with Crippen molar-refractivity contribution in [3.63, 3.8) is 0 Å². The number of methoxy groups -OCH3 is 3. The van der Waals surface area contributed by atoms with Crippen molar-refractivity contribution >= 4 is 29.9 Å². The van der Waals surface area contributed by atoms with E-state index >= 15 is 0 Å². The van der Waals surface area contributed by atoms with Crippen molar-refractivity contribution < 1.29 is 18.9 Å². The van der Waals surface area contributed by atoms with Gasteiger partial charge in [0, 0.05) is 32.8 Å². The second-order valence-corrected chi connectivity index (χ2v) is 6.73. The van der Waals surface area contributed by atoms with Gasteiger partial charge in [0.2, 0.25) is 0 Å². The lowest BCUT2D eigenvalue weighted by molar-refractivity contribution is 0.145. The van der Waals surface area contributed by atoms with Gasteiger partial charge in [-0.2, -0.15) is 0 Å². The molecular formula is C23H34IN3O4. The van der Waals surface area contributed by atoms with Gasteiger partial charge in [0.1, 0.15) is 23.9 Å². The summed E-state index contributed by atoms with van der Waals surface area (Å²) in [5, 5.41) is 6.69. The van der Waals surface area contributed by atoms with Gasteiger partial charge >= 0.3 is 0 Å². The maximum absolute atomic E-state index is 5.86. The lowest BCUT2D eigenvalue weighted by Crippen LogP contribution is -2.38. The Kier molecular flexibility index (Phi) is 12.8. The summed E-state index contributed by atoms with van der Waals surface area (Å²) in [7, 11) is 6.76. The Hall–Kier alpha value is -2.20. The molecule has 2 rings (SSSR count). The molecule has 0 aromatic heterocycles. The fourth-order valence-corrected chi connectivity index (χ4v) is 2.97. The maximum atomic E-state index is 5.86. The average Bonchev–Trinajstić information content (AvgIpc) is 2.77. The van der Waals surface area contributed by atoms with Crippen LogP contribution in [0.4, 0.5) is 0 Å². The van der Waals surface area contributed by atoms with E-state index in [1.807, 2.05) is 31.2 Å². The molecule has 0 aliphatic heterocycles. The summed E-state index contributed by atoms with van der Waals surface area (Å²) >= 11 is 0. The van der Waals surface area contributed by atoms with Gasteiger partial charge in [0.25, 0.3) is 0 Å². The molecule has 0 atom stereocenters. The fourth-order valence-electron chi connectivity index (χ4n) is 2.97. The number of rotatable bonds is 11. The Balaban J connectivity index is 0.00000480. The maximum Gasteiger partial charge on any atom is 0.191 e. The molecule has 0 unspecified atom stereocenters. The van der Waals surface area contributed by atoms with Crippen LogP contribution in [0.2, 0.25) is 0 Å². The fraction of sp³-hybridized carbons (Fsp3) is 0.435. The molecule has 31 heavy (non-hydrogen) atoms. The second kappa shape index (κ2) is 14.7. The van der Waals surface area contributed by atoms with Crippen molar-refractivity contribution in [3.8, 4) is 17.2 Å². The third kappa shape index (κ3) is 8.82. The average molecular weight is 543 g/mol. The molecule has 0 radical (unpaired) electrons. The number of nitrogens with one attached hydrogen (secondary N) is 2. The Labute approximate surface area is 202 Å². The molecule has 8 heteroatoms. The monoisotopic (exact) mass is 543 g/mol. The van der Waals surface area contributed by atoms with Crippen molar-refractivity contribution in [2.24, 2.45) is 4.99 Å². The van der Waals surface area contributed by atoms with Gasteiger partial charge in [0.05, 0.1) is 20.8 Å². The minimum absolute atomic E-state index is 0. The van der Waals surface area contributed by atoms with Gasteiger partial charge in [-0.05, 0) is 48.7 Å². The largest absolute Gasteiger partial charge is 0.497 e. The summed E-state index contributed by atoms with van der Waals surface area (Å²) in [4.78, 5) is 4.31. The van der Waals surface area contributed by atoms with Gasteiger partial charge in [-0.15, -0.1) is 24.0 Å². The molecule has 0 aliphatic rings. The Morgan fingerprint density at radius 2 is 1.71 bits per heavy atom. The molecular weight excluding hydrogens is 509 g/mol. The molecule has 2 aromatic carbocycles. The number of benzene rings is 2. The summed E-state index contributed by atoms with van der Waals surface area (Å²) in [5.74, 6) is 3.24. The molecule has 0 aliphatic carbocycles. The third-order valence-corrected chi connectivity index (χ3v) is 4.61. The number of nitrogens with zero attached hydrogens (tertiary/aromatic N) is 1. The normalized spacial score (nSPS) is 10.8. The van der Waals surface area contributed by atoms with Crippen LogP contribution in [0.15, 0.2) is 41.4 Å². The summed E-state index contributed by atoms with van der Waals surface area (Å²) in [5.41, 5.74) is 3.29. The van der Waals surface area contributed by atoms with E-state index in [1.165, 1.54) is 0 Å². The van der Waals surface area contributed by atoms with Crippen molar-refractivity contribution in [1.82, 2.24) is 10.6 Å². The van der Waals surface area contributed by atoms with E-state index < -0.39 is 0 Å². The van der Waals surface area contributed by atoms with Crippen LogP contribution in [0.3, 0.4) is 0 Å². The molecule has 7 nitrogen and oxygen atoms in total. The highest BCUT2D eigenvalue weighted by Crippen LogP contribution is 2.24. The smallest absolute Gasteiger partial charge is 0.191 e. The van der Waals surface area contributed by atoms with E-state index in [9.17, 15) is 0 Å². The molecule has 0 heterocycles. The van der Waals surface area contributed by atoms with Gasteiger partial charge in [-0.25, -0.2) is 0 Å². The van der Waals surface area contributed by atoms with E-state index in [4.69, 9.17) is 18.9 Å². The highest BCUT2D eigenvalue weighted by molar-refractivity contribution is 14.0. The van der Waals surface area contributed by atoms with Crippen LogP contribution in [0.25, 0.3) is 0 Å². The van der Waals surface area contributed by atoms with Crippen LogP contribution in [0.1, 0.15) is 16.7 Å². The predicted octanol–water partition coefficient (Wildman–Crippen LogP) is 3.56. The molecule has 2 N–H and O–H groups in total. The van der Waals surface area contributed by atoms with Crippen molar-refractivity contribution in [3.05, 3.63) is 53.1 Å². The number of hydrogen-bond acceptors (Lipinski definition) is 5. The number of guanidine groups is 1. The summed E-state index contributed by atoms with van der Waals surface area (Å²) in [6.07, 6.45) is 0.775. The van der Waals surface area contributed by atoms with Crippen LogP contribution < -0.4 is 24.8 Å². The zero-order chi connectivity index (χ0) is 21.8. The van der Waals surface area contributed by atoms with Crippen LogP contribution >= 0.6 is 24.0 Å². The molecule has 0 spiro atoms. The van der Waals surface area contributed by atoms with E-state index in [1.54, 1.807) is 28.4 Å². The molecule has 0 saturated heterocycles. The van der Waals surface area contributed by atoms with Crippen LogP contribution in [-0.2, 0) is 17.7 Å². The molecule has 172 valence electrons. The van der Waals surface area contributed by atoms with Crippen LogP contribution in [0, 0.1) is 6.92 Å². The predicted molar refractivity (Wildman–Crippen MR) is 135 cm³/mol. The molecule has 0 fully saturated rings. The summed E-state index contributed by atoms with van der Waals surface area (Å²) in [6, 6.07) is 12.0. The Bertz CT molecular complexity index is 830. The molecule has 0 amide bonds. The van der Waals surface area contributed by atoms with Gasteiger partial charge in [-0.1, -0.05) is 12.1 Å². The van der Waals surface area contributed by atoms with E-state index in [0.717, 1.165) is 46.3 Å². The third-order valence-electron chi connectivity index (χ3n) is 4.61.